The molecule has 0 radical (unpaired) electrons. The molecule has 0 amide bonds. The molecular formula is C6H13NO2. The van der Waals surface area contributed by atoms with E-state index in [0.717, 1.165) is 6.42 Å². The van der Waals surface area contributed by atoms with E-state index in [4.69, 9.17) is 15.9 Å². The average molecular weight is 131 g/mol. The van der Waals surface area contributed by atoms with Gasteiger partial charge in [-0.05, 0) is 12.8 Å². The molecule has 3 heteroatoms. The number of aliphatic hydroxyl groups excluding tert-OH is 2. The molecule has 0 spiro atoms. The van der Waals surface area contributed by atoms with Crippen molar-refractivity contribution in [3.63, 3.8) is 0 Å². The molecule has 3 atom stereocenters. The Hall–Kier alpha value is -0.120. The molecule has 1 fully saturated rings. The van der Waals surface area contributed by atoms with Crippen LogP contribution in [0.3, 0.4) is 0 Å². The molecule has 0 bridgehead atoms. The Morgan fingerprint density at radius 2 is 2.11 bits per heavy atom. The Balaban J connectivity index is 2.38. The van der Waals surface area contributed by atoms with E-state index in [0.29, 0.717) is 6.42 Å². The van der Waals surface area contributed by atoms with Crippen molar-refractivity contribution in [1.29, 1.82) is 0 Å². The fraction of sp³-hybridized carbons (Fsp3) is 1.00. The van der Waals surface area contributed by atoms with Crippen LogP contribution in [0, 0.1) is 5.92 Å². The molecule has 3 unspecified atom stereocenters. The van der Waals surface area contributed by atoms with Crippen molar-refractivity contribution in [1.82, 2.24) is 0 Å². The third-order valence-corrected chi connectivity index (χ3v) is 1.93. The maximum Gasteiger partial charge on any atom is 0.0605 e. The summed E-state index contributed by atoms with van der Waals surface area (Å²) in [7, 11) is 0. The van der Waals surface area contributed by atoms with Gasteiger partial charge < -0.3 is 15.9 Å². The van der Waals surface area contributed by atoms with Crippen LogP contribution in [-0.4, -0.2) is 29.0 Å². The first-order valence-electron chi connectivity index (χ1n) is 3.28. The van der Waals surface area contributed by atoms with Gasteiger partial charge in [-0.25, -0.2) is 0 Å². The van der Waals surface area contributed by atoms with E-state index >= 15 is 0 Å². The third kappa shape index (κ3) is 1.41. The van der Waals surface area contributed by atoms with E-state index in [-0.39, 0.29) is 24.7 Å². The standard InChI is InChI=1S/C6H13NO2/c7-5-1-4(3-8)6(9)2-5/h4-6,8-9H,1-3,7H2. The van der Waals surface area contributed by atoms with E-state index in [1.165, 1.54) is 0 Å². The summed E-state index contributed by atoms with van der Waals surface area (Å²) in [5, 5.41) is 17.8. The van der Waals surface area contributed by atoms with Crippen LogP contribution >= 0.6 is 0 Å². The molecule has 1 aliphatic rings. The minimum absolute atomic E-state index is 0.0278. The maximum absolute atomic E-state index is 9.12. The lowest BCUT2D eigenvalue weighted by atomic mass is 10.1. The van der Waals surface area contributed by atoms with Gasteiger partial charge in [0.1, 0.15) is 0 Å². The first-order valence-corrected chi connectivity index (χ1v) is 3.28. The van der Waals surface area contributed by atoms with Crippen LogP contribution in [0.25, 0.3) is 0 Å². The smallest absolute Gasteiger partial charge is 0.0605 e. The average Bonchev–Trinajstić information content (AvgIpc) is 2.10. The summed E-state index contributed by atoms with van der Waals surface area (Å²) in [6.07, 6.45) is 1.04. The Kier molecular flexibility index (Phi) is 2.05. The first kappa shape index (κ1) is 6.99. The first-order chi connectivity index (χ1) is 4.24. The van der Waals surface area contributed by atoms with Gasteiger partial charge in [-0.1, -0.05) is 0 Å². The highest BCUT2D eigenvalue weighted by Gasteiger charge is 2.29. The molecule has 0 aromatic heterocycles. The van der Waals surface area contributed by atoms with Gasteiger partial charge in [0.2, 0.25) is 0 Å². The number of aliphatic hydroxyl groups is 2. The Bertz CT molecular complexity index is 97.1. The summed E-state index contributed by atoms with van der Waals surface area (Å²) >= 11 is 0. The van der Waals surface area contributed by atoms with Crippen molar-refractivity contribution in [3.05, 3.63) is 0 Å². The van der Waals surface area contributed by atoms with Crippen LogP contribution < -0.4 is 5.73 Å². The molecule has 0 heterocycles. The van der Waals surface area contributed by atoms with Gasteiger partial charge >= 0.3 is 0 Å². The van der Waals surface area contributed by atoms with Crippen molar-refractivity contribution in [2.24, 2.45) is 11.7 Å². The van der Waals surface area contributed by atoms with Crippen molar-refractivity contribution in [2.75, 3.05) is 6.61 Å². The molecule has 54 valence electrons. The highest BCUT2D eigenvalue weighted by atomic mass is 16.3. The summed E-state index contributed by atoms with van der Waals surface area (Å²) < 4.78 is 0. The molecule has 9 heavy (non-hydrogen) atoms. The van der Waals surface area contributed by atoms with Crippen molar-refractivity contribution in [2.45, 2.75) is 25.0 Å². The molecule has 0 aromatic carbocycles. The number of hydrogen-bond donors (Lipinski definition) is 3. The zero-order chi connectivity index (χ0) is 6.85. The zero-order valence-corrected chi connectivity index (χ0v) is 5.33. The predicted octanol–water partition coefficient (Wildman–Crippen LogP) is -0.923. The van der Waals surface area contributed by atoms with Crippen LogP contribution in [0.1, 0.15) is 12.8 Å². The second kappa shape index (κ2) is 2.64. The van der Waals surface area contributed by atoms with Crippen LogP contribution in [-0.2, 0) is 0 Å². The summed E-state index contributed by atoms with van der Waals surface area (Å²) in [5.41, 5.74) is 5.52. The number of hydrogen-bond acceptors (Lipinski definition) is 3. The number of rotatable bonds is 1. The van der Waals surface area contributed by atoms with E-state index < -0.39 is 0 Å². The maximum atomic E-state index is 9.12. The molecule has 1 saturated carbocycles. The second-order valence-corrected chi connectivity index (χ2v) is 2.74. The summed E-state index contributed by atoms with van der Waals surface area (Å²) in [4.78, 5) is 0. The second-order valence-electron chi connectivity index (χ2n) is 2.74. The minimum atomic E-state index is -0.370. The summed E-state index contributed by atoms with van der Waals surface area (Å²) in [6, 6.07) is 0.0946. The van der Waals surface area contributed by atoms with Crippen LogP contribution in [0.2, 0.25) is 0 Å². The number of nitrogens with two attached hydrogens (primary N) is 1. The van der Waals surface area contributed by atoms with Crippen LogP contribution in [0.4, 0.5) is 0 Å². The Morgan fingerprint density at radius 3 is 2.33 bits per heavy atom. The van der Waals surface area contributed by atoms with Gasteiger partial charge in [0, 0.05) is 18.6 Å². The van der Waals surface area contributed by atoms with Crippen LogP contribution in [0.5, 0.6) is 0 Å². The normalized spacial score (nSPS) is 43.7. The van der Waals surface area contributed by atoms with Gasteiger partial charge in [0.15, 0.2) is 0 Å². The molecule has 1 rings (SSSR count). The van der Waals surface area contributed by atoms with E-state index in [1.807, 2.05) is 0 Å². The highest BCUT2D eigenvalue weighted by Crippen LogP contribution is 2.23. The highest BCUT2D eigenvalue weighted by molar-refractivity contribution is 4.84. The van der Waals surface area contributed by atoms with Gasteiger partial charge in [0.05, 0.1) is 6.10 Å². The van der Waals surface area contributed by atoms with E-state index in [2.05, 4.69) is 0 Å². The summed E-state index contributed by atoms with van der Waals surface area (Å²) in [5.74, 6) is 0.0278. The van der Waals surface area contributed by atoms with Crippen LogP contribution in [0.15, 0.2) is 0 Å². The molecule has 4 N–H and O–H groups in total. The van der Waals surface area contributed by atoms with Gasteiger partial charge in [-0.15, -0.1) is 0 Å². The third-order valence-electron chi connectivity index (χ3n) is 1.93. The van der Waals surface area contributed by atoms with Gasteiger partial charge in [-0.2, -0.15) is 0 Å². The molecule has 1 aliphatic carbocycles. The predicted molar refractivity (Wildman–Crippen MR) is 33.8 cm³/mol. The van der Waals surface area contributed by atoms with Gasteiger partial charge in [-0.3, -0.25) is 0 Å². The molecule has 0 aliphatic heterocycles. The minimum Gasteiger partial charge on any atom is -0.396 e. The quantitative estimate of drug-likeness (QED) is 0.431. The largest absolute Gasteiger partial charge is 0.396 e. The lowest BCUT2D eigenvalue weighted by Crippen LogP contribution is -2.16. The molecule has 3 nitrogen and oxygen atoms in total. The van der Waals surface area contributed by atoms with E-state index in [9.17, 15) is 0 Å². The molecule has 0 saturated heterocycles. The van der Waals surface area contributed by atoms with Crippen molar-refractivity contribution >= 4 is 0 Å². The van der Waals surface area contributed by atoms with Gasteiger partial charge in [0.25, 0.3) is 0 Å². The Labute approximate surface area is 54.5 Å². The molecule has 0 aromatic rings. The fourth-order valence-electron chi connectivity index (χ4n) is 1.34. The zero-order valence-electron chi connectivity index (χ0n) is 5.33. The Morgan fingerprint density at radius 1 is 1.44 bits per heavy atom. The molecular weight excluding hydrogens is 118 g/mol. The SMILES string of the molecule is NC1CC(O)C(CO)C1. The van der Waals surface area contributed by atoms with Crippen molar-refractivity contribution < 1.29 is 10.2 Å². The van der Waals surface area contributed by atoms with Crippen molar-refractivity contribution in [3.8, 4) is 0 Å². The monoisotopic (exact) mass is 131 g/mol. The lowest BCUT2D eigenvalue weighted by Gasteiger charge is -2.08. The lowest BCUT2D eigenvalue weighted by molar-refractivity contribution is 0.0908. The fourth-order valence-corrected chi connectivity index (χ4v) is 1.34. The van der Waals surface area contributed by atoms with E-state index in [1.54, 1.807) is 0 Å². The summed E-state index contributed by atoms with van der Waals surface area (Å²) in [6.45, 7) is 0.0644. The topological polar surface area (TPSA) is 66.5 Å².